The molecule has 0 radical (unpaired) electrons. The van der Waals surface area contributed by atoms with Crippen LogP contribution in [0.4, 0.5) is 11.4 Å². The number of benzene rings is 2. The van der Waals surface area contributed by atoms with Gasteiger partial charge >= 0.3 is 0 Å². The molecule has 8 heteroatoms. The van der Waals surface area contributed by atoms with E-state index in [-0.39, 0.29) is 29.1 Å². The molecule has 0 aliphatic carbocycles. The van der Waals surface area contributed by atoms with Crippen LogP contribution in [0.25, 0.3) is 0 Å². The van der Waals surface area contributed by atoms with Gasteiger partial charge in [-0.25, -0.2) is 4.90 Å². The summed E-state index contributed by atoms with van der Waals surface area (Å²) >= 11 is 0. The molecule has 0 N–H and O–H groups in total. The number of rotatable bonds is 4. The first-order chi connectivity index (χ1) is 14.5. The minimum Gasteiger partial charge on any atom is -0.292 e. The van der Waals surface area contributed by atoms with Crippen LogP contribution >= 0.6 is 0 Å². The quantitative estimate of drug-likeness (QED) is 0.335. The van der Waals surface area contributed by atoms with Gasteiger partial charge in [0.25, 0.3) is 5.69 Å². The van der Waals surface area contributed by atoms with E-state index in [0.29, 0.717) is 12.1 Å². The van der Waals surface area contributed by atoms with Crippen LogP contribution in [0, 0.1) is 22.0 Å². The third-order valence-electron chi connectivity index (χ3n) is 6.48. The number of Topliss-reactive ketones (excluding diaryl/α,β-unsaturated/α-hetero) is 1. The zero-order chi connectivity index (χ0) is 21.0. The number of imide groups is 1. The summed E-state index contributed by atoms with van der Waals surface area (Å²) in [6, 6.07) is 13.5. The highest BCUT2D eigenvalue weighted by molar-refractivity contribution is 6.24. The summed E-state index contributed by atoms with van der Waals surface area (Å²) in [5.74, 6) is -2.34. The van der Waals surface area contributed by atoms with E-state index in [0.717, 1.165) is 17.7 Å². The number of fused-ring (bicyclic) bond motifs is 3. The van der Waals surface area contributed by atoms with Gasteiger partial charge in [-0.15, -0.1) is 0 Å². The van der Waals surface area contributed by atoms with Gasteiger partial charge in [0.2, 0.25) is 11.8 Å². The van der Waals surface area contributed by atoms with Crippen LogP contribution in [0.2, 0.25) is 0 Å². The Balaban J connectivity index is 1.55. The zero-order valence-corrected chi connectivity index (χ0v) is 16.0. The van der Waals surface area contributed by atoms with E-state index in [2.05, 4.69) is 0 Å². The number of hydrogen-bond donors (Lipinski definition) is 0. The van der Waals surface area contributed by atoms with Crippen LogP contribution in [-0.2, 0) is 9.59 Å². The minimum absolute atomic E-state index is 0.156. The molecule has 2 aromatic rings. The van der Waals surface area contributed by atoms with Gasteiger partial charge in [0.1, 0.15) is 0 Å². The fourth-order valence-corrected chi connectivity index (χ4v) is 5.29. The normalized spacial score (nSPS) is 27.9. The van der Waals surface area contributed by atoms with Crippen molar-refractivity contribution < 1.29 is 19.3 Å². The molecule has 0 spiro atoms. The molecule has 3 fully saturated rings. The maximum absolute atomic E-state index is 13.4. The van der Waals surface area contributed by atoms with Crippen molar-refractivity contribution in [1.82, 2.24) is 4.90 Å². The maximum atomic E-state index is 13.4. The lowest BCUT2D eigenvalue weighted by Crippen LogP contribution is -2.46. The lowest BCUT2D eigenvalue weighted by Gasteiger charge is -2.27. The number of carbonyl (C=O) groups is 3. The number of carbonyl (C=O) groups excluding carboxylic acids is 3. The lowest BCUT2D eigenvalue weighted by molar-refractivity contribution is -0.384. The molecular weight excluding hydrogens is 386 g/mol. The summed E-state index contributed by atoms with van der Waals surface area (Å²) in [6.45, 7) is 0.679. The molecule has 3 aliphatic rings. The number of nitrogens with zero attached hydrogens (tertiary/aromatic N) is 3. The molecule has 3 aliphatic heterocycles. The molecule has 8 nitrogen and oxygen atoms in total. The highest BCUT2D eigenvalue weighted by atomic mass is 16.6. The van der Waals surface area contributed by atoms with Gasteiger partial charge in [0.15, 0.2) is 5.78 Å². The van der Waals surface area contributed by atoms with Gasteiger partial charge in [0, 0.05) is 23.7 Å². The van der Waals surface area contributed by atoms with Crippen LogP contribution in [0.3, 0.4) is 0 Å². The summed E-state index contributed by atoms with van der Waals surface area (Å²) < 4.78 is 0. The lowest BCUT2D eigenvalue weighted by atomic mass is 9.85. The number of hydrogen-bond acceptors (Lipinski definition) is 6. The third kappa shape index (κ3) is 2.60. The summed E-state index contributed by atoms with van der Waals surface area (Å²) in [6.07, 6.45) is 1.62. The second-order valence-electron chi connectivity index (χ2n) is 7.96. The number of nitro benzene ring substituents is 1. The smallest absolute Gasteiger partial charge is 0.271 e. The minimum atomic E-state index is -0.769. The van der Waals surface area contributed by atoms with E-state index >= 15 is 0 Å². The molecule has 4 atom stereocenters. The first kappa shape index (κ1) is 18.6. The molecule has 0 unspecified atom stereocenters. The van der Waals surface area contributed by atoms with Crippen molar-refractivity contribution in [2.24, 2.45) is 11.8 Å². The van der Waals surface area contributed by atoms with E-state index < -0.39 is 28.7 Å². The van der Waals surface area contributed by atoms with Crippen molar-refractivity contribution in [2.45, 2.75) is 24.9 Å². The van der Waals surface area contributed by atoms with Gasteiger partial charge < -0.3 is 0 Å². The molecule has 3 heterocycles. The Labute approximate surface area is 172 Å². The number of nitro groups is 1. The van der Waals surface area contributed by atoms with Crippen molar-refractivity contribution >= 4 is 29.0 Å². The summed E-state index contributed by atoms with van der Waals surface area (Å²) in [4.78, 5) is 53.7. The predicted octanol–water partition coefficient (Wildman–Crippen LogP) is 2.43. The first-order valence-electron chi connectivity index (χ1n) is 9.96. The second-order valence-corrected chi connectivity index (χ2v) is 7.96. The van der Waals surface area contributed by atoms with Gasteiger partial charge in [0.05, 0.1) is 28.5 Å². The molecule has 2 aromatic carbocycles. The van der Waals surface area contributed by atoms with Crippen molar-refractivity contribution in [2.75, 3.05) is 11.4 Å². The van der Waals surface area contributed by atoms with Crippen LogP contribution in [0.15, 0.2) is 54.6 Å². The van der Waals surface area contributed by atoms with E-state index in [1.54, 1.807) is 24.3 Å². The van der Waals surface area contributed by atoms with Crippen LogP contribution in [0.1, 0.15) is 23.2 Å². The Morgan fingerprint density at radius 2 is 1.73 bits per heavy atom. The number of non-ortho nitro benzene ring substituents is 1. The van der Waals surface area contributed by atoms with Crippen molar-refractivity contribution in [1.29, 1.82) is 0 Å². The molecule has 0 saturated carbocycles. The van der Waals surface area contributed by atoms with Crippen LogP contribution in [0.5, 0.6) is 0 Å². The SMILES string of the molecule is O=C(c1ccccc1)[C@@H]1[C@@H]2C(=O)N(c3cccc([N+](=O)[O-])c3)C(=O)[C@H]2[C@H]2CCCN21. The number of anilines is 1. The fraction of sp³-hybridized carbons (Fsp3) is 0.318. The van der Waals surface area contributed by atoms with Gasteiger partial charge in [-0.3, -0.25) is 29.4 Å². The highest BCUT2D eigenvalue weighted by Crippen LogP contribution is 2.48. The average molecular weight is 405 g/mol. The van der Waals surface area contributed by atoms with Gasteiger partial charge in [-0.05, 0) is 25.5 Å². The summed E-state index contributed by atoms with van der Waals surface area (Å²) in [5, 5.41) is 11.1. The number of amides is 2. The van der Waals surface area contributed by atoms with Gasteiger partial charge in [-0.1, -0.05) is 36.4 Å². The Hall–Kier alpha value is -3.39. The monoisotopic (exact) mass is 405 g/mol. The Morgan fingerprint density at radius 3 is 2.47 bits per heavy atom. The van der Waals surface area contributed by atoms with E-state index in [4.69, 9.17) is 0 Å². The van der Waals surface area contributed by atoms with Crippen LogP contribution < -0.4 is 4.90 Å². The molecule has 30 heavy (non-hydrogen) atoms. The fourth-order valence-electron chi connectivity index (χ4n) is 5.29. The molecular formula is C22H19N3O5. The van der Waals surface area contributed by atoms with Gasteiger partial charge in [-0.2, -0.15) is 0 Å². The molecule has 152 valence electrons. The first-order valence-corrected chi connectivity index (χ1v) is 9.96. The highest BCUT2D eigenvalue weighted by Gasteiger charge is 2.64. The topological polar surface area (TPSA) is 101 Å². The van der Waals surface area contributed by atoms with E-state index in [1.165, 1.54) is 24.3 Å². The largest absolute Gasteiger partial charge is 0.292 e. The third-order valence-corrected chi connectivity index (χ3v) is 6.48. The van der Waals surface area contributed by atoms with E-state index in [1.807, 2.05) is 11.0 Å². The average Bonchev–Trinajstić information content (AvgIpc) is 3.40. The van der Waals surface area contributed by atoms with E-state index in [9.17, 15) is 24.5 Å². The second kappa shape index (κ2) is 6.84. The molecule has 0 aromatic heterocycles. The molecule has 2 amide bonds. The maximum Gasteiger partial charge on any atom is 0.271 e. The Bertz CT molecular complexity index is 1070. The van der Waals surface area contributed by atoms with Crippen molar-refractivity contribution in [3.63, 3.8) is 0 Å². The molecule has 0 bridgehead atoms. The summed E-state index contributed by atoms with van der Waals surface area (Å²) in [7, 11) is 0. The zero-order valence-electron chi connectivity index (χ0n) is 16.0. The predicted molar refractivity (Wildman–Crippen MR) is 107 cm³/mol. The van der Waals surface area contributed by atoms with Crippen molar-refractivity contribution in [3.05, 3.63) is 70.3 Å². The molecule has 5 rings (SSSR count). The van der Waals surface area contributed by atoms with Crippen LogP contribution in [-0.4, -0.2) is 46.0 Å². The number of ketones is 1. The van der Waals surface area contributed by atoms with Crippen molar-refractivity contribution in [3.8, 4) is 0 Å². The Kier molecular flexibility index (Phi) is 4.25. The standard InChI is InChI=1S/C22H19N3O5/c26-20(13-6-2-1-3-7-13)19-18-17(16-10-5-11-23(16)19)21(27)24(22(18)28)14-8-4-9-15(12-14)25(29)30/h1-4,6-9,12,16-19H,5,10-11H2/t16-,17+,18-,19+/m1/s1. The summed E-state index contributed by atoms with van der Waals surface area (Å²) in [5.41, 5.74) is 0.511. The Morgan fingerprint density at radius 1 is 1.00 bits per heavy atom. The molecule has 3 saturated heterocycles.